The molecule has 100 valence electrons. The first kappa shape index (κ1) is 13.3. The fourth-order valence-electron chi connectivity index (χ4n) is 3.01. The molecule has 0 amide bonds. The van der Waals surface area contributed by atoms with Gasteiger partial charge in [-0.1, -0.05) is 13.8 Å². The largest absolute Gasteiger partial charge is 0.378 e. The second kappa shape index (κ2) is 5.68. The van der Waals surface area contributed by atoms with Crippen molar-refractivity contribution in [3.63, 3.8) is 0 Å². The van der Waals surface area contributed by atoms with E-state index in [1.165, 1.54) is 12.8 Å². The van der Waals surface area contributed by atoms with Crippen molar-refractivity contribution in [1.29, 1.82) is 0 Å². The first-order valence-electron chi connectivity index (χ1n) is 7.11. The van der Waals surface area contributed by atoms with Gasteiger partial charge in [-0.2, -0.15) is 0 Å². The summed E-state index contributed by atoms with van der Waals surface area (Å²) in [6, 6.07) is 0.612. The molecule has 0 aromatic carbocycles. The Labute approximate surface area is 105 Å². The Hall–Kier alpha value is -0.120. The van der Waals surface area contributed by atoms with Crippen LogP contribution in [-0.4, -0.2) is 38.0 Å². The highest BCUT2D eigenvalue weighted by Crippen LogP contribution is 2.42. The highest BCUT2D eigenvalue weighted by atomic mass is 16.5. The predicted octanol–water partition coefficient (Wildman–Crippen LogP) is 2.35. The molecule has 1 aliphatic heterocycles. The second-order valence-electron chi connectivity index (χ2n) is 5.93. The molecule has 0 aromatic heterocycles. The van der Waals surface area contributed by atoms with Crippen LogP contribution in [0.1, 0.15) is 46.5 Å². The minimum atomic E-state index is 0.284. The number of hydrogen-bond donors (Lipinski definition) is 1. The van der Waals surface area contributed by atoms with Gasteiger partial charge in [0, 0.05) is 24.7 Å². The third kappa shape index (κ3) is 3.01. The van der Waals surface area contributed by atoms with Gasteiger partial charge in [0.2, 0.25) is 0 Å². The van der Waals surface area contributed by atoms with E-state index < -0.39 is 0 Å². The minimum absolute atomic E-state index is 0.284. The molecular weight excluding hydrogens is 214 g/mol. The summed E-state index contributed by atoms with van der Waals surface area (Å²) in [5.74, 6) is 0. The van der Waals surface area contributed by atoms with Crippen molar-refractivity contribution in [2.45, 2.75) is 64.7 Å². The fraction of sp³-hybridized carbons (Fsp3) is 1.00. The average molecular weight is 241 g/mol. The van der Waals surface area contributed by atoms with Crippen LogP contribution in [0.15, 0.2) is 0 Å². The van der Waals surface area contributed by atoms with Gasteiger partial charge in [0.15, 0.2) is 0 Å². The second-order valence-corrected chi connectivity index (χ2v) is 5.93. The molecule has 17 heavy (non-hydrogen) atoms. The summed E-state index contributed by atoms with van der Waals surface area (Å²) < 4.78 is 11.4. The smallest absolute Gasteiger partial charge is 0.0655 e. The van der Waals surface area contributed by atoms with Crippen LogP contribution in [-0.2, 0) is 9.47 Å². The van der Waals surface area contributed by atoms with Gasteiger partial charge in [-0.25, -0.2) is 0 Å². The van der Waals surface area contributed by atoms with Crippen LogP contribution in [0.25, 0.3) is 0 Å². The van der Waals surface area contributed by atoms with Crippen molar-refractivity contribution >= 4 is 0 Å². The van der Waals surface area contributed by atoms with E-state index in [0.29, 0.717) is 18.2 Å². The molecule has 1 heterocycles. The molecule has 0 radical (unpaired) electrons. The summed E-state index contributed by atoms with van der Waals surface area (Å²) in [5.41, 5.74) is 0.284. The van der Waals surface area contributed by atoms with E-state index in [-0.39, 0.29) is 5.41 Å². The molecule has 3 atom stereocenters. The Balaban J connectivity index is 1.63. The van der Waals surface area contributed by atoms with E-state index in [0.717, 1.165) is 32.6 Å². The summed E-state index contributed by atoms with van der Waals surface area (Å²) in [4.78, 5) is 0. The average Bonchev–Trinajstić information content (AvgIpc) is 2.80. The minimum Gasteiger partial charge on any atom is -0.378 e. The monoisotopic (exact) mass is 241 g/mol. The quantitative estimate of drug-likeness (QED) is 0.774. The zero-order valence-electron chi connectivity index (χ0n) is 11.5. The number of ether oxygens (including phenoxy) is 2. The Morgan fingerprint density at radius 1 is 1.41 bits per heavy atom. The lowest BCUT2D eigenvalue weighted by Gasteiger charge is -2.52. The van der Waals surface area contributed by atoms with Crippen LogP contribution in [0.4, 0.5) is 0 Å². The summed E-state index contributed by atoms with van der Waals surface area (Å²) in [6.45, 7) is 9.57. The summed E-state index contributed by atoms with van der Waals surface area (Å²) in [6.07, 6.45) is 5.75. The molecule has 1 saturated heterocycles. The van der Waals surface area contributed by atoms with Crippen LogP contribution < -0.4 is 5.32 Å². The molecule has 3 heteroatoms. The Bertz CT molecular complexity index is 236. The molecular formula is C14H27NO2. The van der Waals surface area contributed by atoms with Crippen molar-refractivity contribution in [2.24, 2.45) is 5.41 Å². The van der Waals surface area contributed by atoms with E-state index in [1.807, 2.05) is 0 Å². The lowest BCUT2D eigenvalue weighted by molar-refractivity contribution is -0.114. The number of hydrogen-bond acceptors (Lipinski definition) is 3. The predicted molar refractivity (Wildman–Crippen MR) is 69.2 cm³/mol. The maximum absolute atomic E-state index is 5.74. The van der Waals surface area contributed by atoms with E-state index in [2.05, 4.69) is 26.1 Å². The van der Waals surface area contributed by atoms with Crippen molar-refractivity contribution in [3.05, 3.63) is 0 Å². The van der Waals surface area contributed by atoms with Gasteiger partial charge < -0.3 is 14.8 Å². The SMILES string of the molecule is CCOC1CC(NCCC2CCCO2)C1(C)C. The van der Waals surface area contributed by atoms with Crippen LogP contribution in [0.5, 0.6) is 0 Å². The molecule has 1 aliphatic carbocycles. The van der Waals surface area contributed by atoms with Crippen LogP contribution >= 0.6 is 0 Å². The lowest BCUT2D eigenvalue weighted by Crippen LogP contribution is -2.61. The summed E-state index contributed by atoms with van der Waals surface area (Å²) in [5, 5.41) is 3.66. The Kier molecular flexibility index (Phi) is 4.45. The highest BCUT2D eigenvalue weighted by Gasteiger charge is 2.48. The van der Waals surface area contributed by atoms with Crippen LogP contribution in [0, 0.1) is 5.41 Å². The first-order chi connectivity index (χ1) is 8.14. The van der Waals surface area contributed by atoms with E-state index in [4.69, 9.17) is 9.47 Å². The third-order valence-electron chi connectivity index (χ3n) is 4.43. The summed E-state index contributed by atoms with van der Waals surface area (Å²) >= 11 is 0. The van der Waals surface area contributed by atoms with Crippen molar-refractivity contribution in [1.82, 2.24) is 5.32 Å². The van der Waals surface area contributed by atoms with Crippen LogP contribution in [0.2, 0.25) is 0 Å². The normalized spacial score (nSPS) is 35.8. The van der Waals surface area contributed by atoms with Gasteiger partial charge >= 0.3 is 0 Å². The molecule has 2 aliphatic rings. The zero-order valence-corrected chi connectivity index (χ0v) is 11.5. The van der Waals surface area contributed by atoms with Crippen LogP contribution in [0.3, 0.4) is 0 Å². The van der Waals surface area contributed by atoms with Gasteiger partial charge in [0.1, 0.15) is 0 Å². The highest BCUT2D eigenvalue weighted by molar-refractivity contribution is 5.02. The van der Waals surface area contributed by atoms with Gasteiger partial charge in [0.25, 0.3) is 0 Å². The lowest BCUT2D eigenvalue weighted by atomic mass is 9.64. The van der Waals surface area contributed by atoms with E-state index in [9.17, 15) is 0 Å². The van der Waals surface area contributed by atoms with Crippen molar-refractivity contribution < 1.29 is 9.47 Å². The fourth-order valence-corrected chi connectivity index (χ4v) is 3.01. The number of rotatable bonds is 6. The van der Waals surface area contributed by atoms with Gasteiger partial charge in [-0.15, -0.1) is 0 Å². The Morgan fingerprint density at radius 3 is 2.82 bits per heavy atom. The first-order valence-corrected chi connectivity index (χ1v) is 7.11. The summed E-state index contributed by atoms with van der Waals surface area (Å²) in [7, 11) is 0. The molecule has 2 rings (SSSR count). The van der Waals surface area contributed by atoms with Crippen molar-refractivity contribution in [3.8, 4) is 0 Å². The Morgan fingerprint density at radius 2 is 2.24 bits per heavy atom. The molecule has 1 N–H and O–H groups in total. The van der Waals surface area contributed by atoms with Gasteiger partial charge in [0.05, 0.1) is 12.2 Å². The van der Waals surface area contributed by atoms with Crippen molar-refractivity contribution in [2.75, 3.05) is 19.8 Å². The maximum Gasteiger partial charge on any atom is 0.0655 e. The van der Waals surface area contributed by atoms with Gasteiger partial charge in [-0.3, -0.25) is 0 Å². The maximum atomic E-state index is 5.74. The molecule has 3 nitrogen and oxygen atoms in total. The topological polar surface area (TPSA) is 30.5 Å². The third-order valence-corrected chi connectivity index (χ3v) is 4.43. The standard InChI is InChI=1S/C14H27NO2/c1-4-16-13-10-12(14(13,2)3)15-8-7-11-6-5-9-17-11/h11-13,15H,4-10H2,1-3H3. The zero-order chi connectivity index (χ0) is 12.3. The van der Waals surface area contributed by atoms with E-state index in [1.54, 1.807) is 0 Å². The van der Waals surface area contributed by atoms with Gasteiger partial charge in [-0.05, 0) is 39.2 Å². The number of nitrogens with one attached hydrogen (secondary N) is 1. The molecule has 1 saturated carbocycles. The molecule has 0 bridgehead atoms. The molecule has 0 spiro atoms. The van der Waals surface area contributed by atoms with E-state index >= 15 is 0 Å². The molecule has 2 fully saturated rings. The molecule has 0 aromatic rings. The molecule has 3 unspecified atom stereocenters.